The lowest BCUT2D eigenvalue weighted by molar-refractivity contribution is -0.136. The van der Waals surface area contributed by atoms with E-state index in [4.69, 9.17) is 10.5 Å². The Balaban J connectivity index is 2.00. The van der Waals surface area contributed by atoms with E-state index in [1.165, 1.54) is 7.11 Å². The summed E-state index contributed by atoms with van der Waals surface area (Å²) in [5.41, 5.74) is 6.58. The van der Waals surface area contributed by atoms with Gasteiger partial charge < -0.3 is 20.5 Å². The van der Waals surface area contributed by atoms with Crippen molar-refractivity contribution in [3.8, 4) is 0 Å². The van der Waals surface area contributed by atoms with Gasteiger partial charge in [0.05, 0.1) is 18.1 Å². The summed E-state index contributed by atoms with van der Waals surface area (Å²) >= 11 is 0. The Bertz CT molecular complexity index is 539. The van der Waals surface area contributed by atoms with Gasteiger partial charge in [0.15, 0.2) is 0 Å². The van der Waals surface area contributed by atoms with Gasteiger partial charge in [0.1, 0.15) is 0 Å². The fourth-order valence-electron chi connectivity index (χ4n) is 2.58. The van der Waals surface area contributed by atoms with Gasteiger partial charge in [-0.3, -0.25) is 4.79 Å². The molecular formula is C16H22N2O4. The predicted molar refractivity (Wildman–Crippen MR) is 81.2 cm³/mol. The maximum absolute atomic E-state index is 12.5. The topological polar surface area (TPSA) is 90.7 Å². The summed E-state index contributed by atoms with van der Waals surface area (Å²) in [6.45, 7) is 1.78. The van der Waals surface area contributed by atoms with Crippen LogP contribution in [-0.2, 0) is 20.8 Å². The Morgan fingerprint density at radius 1 is 1.36 bits per heavy atom. The Labute approximate surface area is 130 Å². The molecule has 2 rings (SSSR count). The van der Waals surface area contributed by atoms with Crippen LogP contribution < -0.4 is 11.1 Å². The van der Waals surface area contributed by atoms with E-state index >= 15 is 0 Å². The Kier molecular flexibility index (Phi) is 5.51. The Morgan fingerprint density at radius 3 is 2.73 bits per heavy atom. The molecule has 3 N–H and O–H groups in total. The summed E-state index contributed by atoms with van der Waals surface area (Å²) in [4.78, 5) is 24.0. The molecule has 0 unspecified atom stereocenters. The molecule has 0 aromatic heterocycles. The van der Waals surface area contributed by atoms with Crippen LogP contribution >= 0.6 is 0 Å². The third kappa shape index (κ3) is 3.64. The van der Waals surface area contributed by atoms with Crippen molar-refractivity contribution in [2.75, 3.05) is 26.9 Å². The molecule has 1 fully saturated rings. The van der Waals surface area contributed by atoms with Gasteiger partial charge in [0.25, 0.3) is 0 Å². The highest BCUT2D eigenvalue weighted by Crippen LogP contribution is 2.29. The molecule has 0 radical (unpaired) electrons. The van der Waals surface area contributed by atoms with Crippen molar-refractivity contribution in [1.82, 2.24) is 5.32 Å². The monoisotopic (exact) mass is 306 g/mol. The third-order valence-electron chi connectivity index (χ3n) is 4.12. The van der Waals surface area contributed by atoms with E-state index in [1.54, 1.807) is 18.2 Å². The van der Waals surface area contributed by atoms with Crippen LogP contribution in [0.2, 0.25) is 0 Å². The highest BCUT2D eigenvalue weighted by molar-refractivity contribution is 5.89. The quantitative estimate of drug-likeness (QED) is 0.787. The van der Waals surface area contributed by atoms with E-state index in [0.717, 1.165) is 5.56 Å². The normalized spacial score (nSPS) is 16.8. The molecule has 120 valence electrons. The Morgan fingerprint density at radius 2 is 2.09 bits per heavy atom. The lowest BCUT2D eigenvalue weighted by atomic mass is 9.79. The van der Waals surface area contributed by atoms with Crippen LogP contribution in [0.3, 0.4) is 0 Å². The smallest absolute Gasteiger partial charge is 0.337 e. The molecule has 1 heterocycles. The first-order valence-corrected chi connectivity index (χ1v) is 7.35. The number of methoxy groups -OCH3 is 1. The molecular weight excluding hydrogens is 284 g/mol. The number of hydrogen-bond donors (Lipinski definition) is 2. The number of ether oxygens (including phenoxy) is 2. The molecule has 6 nitrogen and oxygen atoms in total. The first-order valence-electron chi connectivity index (χ1n) is 7.35. The van der Waals surface area contributed by atoms with E-state index < -0.39 is 11.4 Å². The Hall–Kier alpha value is -1.92. The summed E-state index contributed by atoms with van der Waals surface area (Å²) in [7, 11) is 1.34. The molecule has 1 aliphatic rings. The second-order valence-electron chi connectivity index (χ2n) is 5.47. The third-order valence-corrected chi connectivity index (χ3v) is 4.12. The number of esters is 1. The second-order valence-corrected chi connectivity index (χ2v) is 5.47. The fourth-order valence-corrected chi connectivity index (χ4v) is 2.58. The highest BCUT2D eigenvalue weighted by Gasteiger charge is 2.38. The second kappa shape index (κ2) is 7.38. The van der Waals surface area contributed by atoms with Crippen molar-refractivity contribution < 1.29 is 19.1 Å². The molecule has 0 atom stereocenters. The standard InChI is InChI=1S/C16H22N2O4/c1-21-14(19)13-4-2-3-12(9-13)10-18-15(20)16(11-17)5-7-22-8-6-16/h2-4,9H,5-8,10-11,17H2,1H3,(H,18,20). The molecule has 22 heavy (non-hydrogen) atoms. The molecule has 6 heteroatoms. The SMILES string of the molecule is COC(=O)c1cccc(CNC(=O)C2(CN)CCOCC2)c1. The molecule has 0 spiro atoms. The van der Waals surface area contributed by atoms with Crippen molar-refractivity contribution in [2.24, 2.45) is 11.1 Å². The number of rotatable bonds is 5. The number of benzene rings is 1. The van der Waals surface area contributed by atoms with Crippen molar-refractivity contribution in [3.05, 3.63) is 35.4 Å². The van der Waals surface area contributed by atoms with Crippen molar-refractivity contribution in [1.29, 1.82) is 0 Å². The predicted octanol–water partition coefficient (Wildman–Crippen LogP) is 0.845. The molecule has 1 saturated heterocycles. The van der Waals surface area contributed by atoms with Crippen LogP contribution in [0.25, 0.3) is 0 Å². The maximum Gasteiger partial charge on any atom is 0.337 e. The van der Waals surface area contributed by atoms with Gasteiger partial charge in [-0.25, -0.2) is 4.79 Å². The number of amides is 1. The molecule has 1 amide bonds. The molecule has 1 aliphatic heterocycles. The zero-order valence-corrected chi connectivity index (χ0v) is 12.8. The number of carbonyl (C=O) groups is 2. The van der Waals surface area contributed by atoms with Crippen LogP contribution in [0.4, 0.5) is 0 Å². The van der Waals surface area contributed by atoms with Crippen LogP contribution in [0, 0.1) is 5.41 Å². The van der Waals surface area contributed by atoms with Gasteiger partial charge in [-0.05, 0) is 30.5 Å². The summed E-state index contributed by atoms with van der Waals surface area (Å²) in [5, 5.41) is 2.92. The first-order chi connectivity index (χ1) is 10.6. The van der Waals surface area contributed by atoms with Gasteiger partial charge in [0, 0.05) is 26.3 Å². The van der Waals surface area contributed by atoms with Crippen molar-refractivity contribution in [3.63, 3.8) is 0 Å². The van der Waals surface area contributed by atoms with E-state index in [1.807, 2.05) is 6.07 Å². The van der Waals surface area contributed by atoms with Gasteiger partial charge >= 0.3 is 5.97 Å². The van der Waals surface area contributed by atoms with E-state index in [9.17, 15) is 9.59 Å². The van der Waals surface area contributed by atoms with Crippen LogP contribution in [0.5, 0.6) is 0 Å². The summed E-state index contributed by atoms with van der Waals surface area (Å²) in [6, 6.07) is 7.01. The van der Waals surface area contributed by atoms with E-state index in [-0.39, 0.29) is 5.91 Å². The van der Waals surface area contributed by atoms with Crippen molar-refractivity contribution >= 4 is 11.9 Å². The highest BCUT2D eigenvalue weighted by atomic mass is 16.5. The molecule has 0 aliphatic carbocycles. The summed E-state index contributed by atoms with van der Waals surface area (Å²) in [5.74, 6) is -0.446. The fraction of sp³-hybridized carbons (Fsp3) is 0.500. The molecule has 1 aromatic carbocycles. The minimum absolute atomic E-state index is 0.0539. The number of carbonyl (C=O) groups excluding carboxylic acids is 2. The zero-order valence-electron chi connectivity index (χ0n) is 12.8. The summed E-state index contributed by atoms with van der Waals surface area (Å²) in [6.07, 6.45) is 1.27. The van der Waals surface area contributed by atoms with Gasteiger partial charge in [-0.2, -0.15) is 0 Å². The van der Waals surface area contributed by atoms with Crippen molar-refractivity contribution in [2.45, 2.75) is 19.4 Å². The first kappa shape index (κ1) is 16.5. The zero-order chi connectivity index (χ0) is 16.0. The van der Waals surface area contributed by atoms with Crippen LogP contribution in [0.15, 0.2) is 24.3 Å². The average Bonchev–Trinajstić information content (AvgIpc) is 2.59. The average molecular weight is 306 g/mol. The van der Waals surface area contributed by atoms with Crippen LogP contribution in [0.1, 0.15) is 28.8 Å². The van der Waals surface area contributed by atoms with Crippen LogP contribution in [-0.4, -0.2) is 38.7 Å². The number of nitrogens with two attached hydrogens (primary N) is 1. The maximum atomic E-state index is 12.5. The number of hydrogen-bond acceptors (Lipinski definition) is 5. The van der Waals surface area contributed by atoms with Gasteiger partial charge in [-0.15, -0.1) is 0 Å². The minimum Gasteiger partial charge on any atom is -0.465 e. The minimum atomic E-state index is -0.543. The largest absolute Gasteiger partial charge is 0.465 e. The lowest BCUT2D eigenvalue weighted by Gasteiger charge is -2.34. The lowest BCUT2D eigenvalue weighted by Crippen LogP contribution is -2.48. The van der Waals surface area contributed by atoms with E-state index in [2.05, 4.69) is 10.1 Å². The molecule has 0 bridgehead atoms. The van der Waals surface area contributed by atoms with E-state index in [0.29, 0.717) is 44.7 Å². The molecule has 0 saturated carbocycles. The molecule has 1 aromatic rings. The van der Waals surface area contributed by atoms with Gasteiger partial charge in [-0.1, -0.05) is 12.1 Å². The number of nitrogens with one attached hydrogen (secondary N) is 1. The van der Waals surface area contributed by atoms with Gasteiger partial charge in [0.2, 0.25) is 5.91 Å². The summed E-state index contributed by atoms with van der Waals surface area (Å²) < 4.78 is 10.00.